The Morgan fingerprint density at radius 1 is 1.33 bits per heavy atom. The zero-order valence-electron chi connectivity index (χ0n) is 11.1. The topological polar surface area (TPSA) is 37.8 Å². The summed E-state index contributed by atoms with van der Waals surface area (Å²) in [5.41, 5.74) is 1.31. The van der Waals surface area contributed by atoms with Gasteiger partial charge >= 0.3 is 0 Å². The van der Waals surface area contributed by atoms with Gasteiger partial charge in [0.25, 0.3) is 0 Å². The molecule has 0 amide bonds. The smallest absolute Gasteiger partial charge is 0.0897 e. The van der Waals surface area contributed by atoms with Gasteiger partial charge in [-0.1, -0.05) is 13.8 Å². The summed E-state index contributed by atoms with van der Waals surface area (Å²) in [7, 11) is 0. The van der Waals surface area contributed by atoms with Crippen LogP contribution in [0.5, 0.6) is 0 Å². The third-order valence-corrected chi connectivity index (χ3v) is 4.10. The van der Waals surface area contributed by atoms with Crippen molar-refractivity contribution >= 4 is 11.3 Å². The van der Waals surface area contributed by atoms with Gasteiger partial charge in [-0.25, -0.2) is 4.98 Å². The minimum atomic E-state index is 0.323. The highest BCUT2D eigenvalue weighted by Gasteiger charge is 2.21. The monoisotopic (exact) mass is 261 g/mol. The largest absolute Gasteiger partial charge is 0.309 e. The average Bonchev–Trinajstić information content (AvgIpc) is 2.82. The summed E-state index contributed by atoms with van der Waals surface area (Å²) in [6, 6.07) is 4.50. The summed E-state index contributed by atoms with van der Waals surface area (Å²) >= 11 is 1.77. The number of nitrogens with zero attached hydrogens (tertiary/aromatic N) is 2. The maximum Gasteiger partial charge on any atom is 0.0897 e. The second-order valence-corrected chi connectivity index (χ2v) is 5.65. The van der Waals surface area contributed by atoms with Gasteiger partial charge in [-0.3, -0.25) is 4.98 Å². The summed E-state index contributed by atoms with van der Waals surface area (Å²) < 4.78 is 0. The fourth-order valence-electron chi connectivity index (χ4n) is 2.12. The van der Waals surface area contributed by atoms with E-state index in [-0.39, 0.29) is 0 Å². The van der Waals surface area contributed by atoms with Crippen LogP contribution in [0.15, 0.2) is 30.7 Å². The van der Waals surface area contributed by atoms with E-state index in [0.29, 0.717) is 12.0 Å². The number of hydrogen-bond donors (Lipinski definition) is 1. The van der Waals surface area contributed by atoms with Crippen molar-refractivity contribution in [2.75, 3.05) is 6.54 Å². The molecule has 0 aliphatic carbocycles. The first-order chi connectivity index (χ1) is 8.72. The molecule has 4 heteroatoms. The van der Waals surface area contributed by atoms with Gasteiger partial charge in [0.2, 0.25) is 0 Å². The van der Waals surface area contributed by atoms with Crippen molar-refractivity contribution in [3.8, 4) is 0 Å². The molecule has 0 aliphatic heterocycles. The number of pyridine rings is 1. The van der Waals surface area contributed by atoms with E-state index in [2.05, 4.69) is 41.3 Å². The average molecular weight is 261 g/mol. The molecule has 2 unspecified atom stereocenters. The van der Waals surface area contributed by atoms with Crippen molar-refractivity contribution in [3.05, 3.63) is 46.2 Å². The molecule has 0 radical (unpaired) electrons. The molecule has 2 aromatic heterocycles. The summed E-state index contributed by atoms with van der Waals surface area (Å²) in [4.78, 5) is 9.75. The van der Waals surface area contributed by atoms with Gasteiger partial charge in [0.15, 0.2) is 0 Å². The maximum atomic E-state index is 4.36. The van der Waals surface area contributed by atoms with Crippen LogP contribution in [0, 0.1) is 6.92 Å². The van der Waals surface area contributed by atoms with E-state index >= 15 is 0 Å². The highest BCUT2D eigenvalue weighted by atomic mass is 32.1. The van der Waals surface area contributed by atoms with E-state index in [1.54, 1.807) is 11.3 Å². The van der Waals surface area contributed by atoms with E-state index in [9.17, 15) is 0 Å². The molecule has 96 valence electrons. The van der Waals surface area contributed by atoms with Crippen LogP contribution in [0.3, 0.4) is 0 Å². The van der Waals surface area contributed by atoms with Gasteiger partial charge in [-0.2, -0.15) is 0 Å². The Morgan fingerprint density at radius 3 is 2.61 bits per heavy atom. The molecule has 0 saturated heterocycles. The van der Waals surface area contributed by atoms with Gasteiger partial charge < -0.3 is 5.32 Å². The van der Waals surface area contributed by atoms with Gasteiger partial charge in [0.1, 0.15) is 0 Å². The number of aromatic nitrogens is 2. The van der Waals surface area contributed by atoms with Crippen LogP contribution in [0.2, 0.25) is 0 Å². The summed E-state index contributed by atoms with van der Waals surface area (Å²) in [5, 5.41) is 4.68. The number of aryl methyl sites for hydroxylation is 1. The normalized spacial score (nSPS) is 14.4. The number of rotatable bonds is 5. The second-order valence-electron chi connectivity index (χ2n) is 4.39. The third kappa shape index (κ3) is 2.94. The number of nitrogens with one attached hydrogen (secondary N) is 1. The van der Waals surface area contributed by atoms with Crippen LogP contribution in [0.25, 0.3) is 0 Å². The van der Waals surface area contributed by atoms with Crippen molar-refractivity contribution in [3.63, 3.8) is 0 Å². The van der Waals surface area contributed by atoms with Crippen molar-refractivity contribution in [1.82, 2.24) is 15.3 Å². The van der Waals surface area contributed by atoms with Crippen molar-refractivity contribution in [2.45, 2.75) is 32.7 Å². The fraction of sp³-hybridized carbons (Fsp3) is 0.429. The van der Waals surface area contributed by atoms with Crippen molar-refractivity contribution < 1.29 is 0 Å². The summed E-state index contributed by atoms with van der Waals surface area (Å²) in [6.45, 7) is 7.39. The van der Waals surface area contributed by atoms with Crippen LogP contribution < -0.4 is 5.32 Å². The molecule has 2 atom stereocenters. The van der Waals surface area contributed by atoms with E-state index in [4.69, 9.17) is 0 Å². The standard InChI is InChI=1S/C14H19N3S/c1-4-16-14(13-9-17-11(3)18-13)10(2)12-5-7-15-8-6-12/h5-10,14,16H,4H2,1-3H3. The molecule has 2 heterocycles. The molecular weight excluding hydrogens is 242 g/mol. The number of likely N-dealkylation sites (N-methyl/N-ethyl adjacent to an activating group) is 1. The molecule has 3 nitrogen and oxygen atoms in total. The molecule has 0 aliphatic rings. The van der Waals surface area contributed by atoms with Crippen LogP contribution in [0.1, 0.15) is 41.3 Å². The molecule has 0 spiro atoms. The molecular formula is C14H19N3S. The van der Waals surface area contributed by atoms with Gasteiger partial charge in [0.05, 0.1) is 5.01 Å². The Kier molecular flexibility index (Phi) is 4.44. The second kappa shape index (κ2) is 6.07. The maximum absolute atomic E-state index is 4.36. The Labute approximate surface area is 112 Å². The van der Waals surface area contributed by atoms with Crippen molar-refractivity contribution in [2.24, 2.45) is 0 Å². The molecule has 0 fully saturated rings. The molecule has 2 rings (SSSR count). The molecule has 1 N–H and O–H groups in total. The van der Waals surface area contributed by atoms with E-state index < -0.39 is 0 Å². The quantitative estimate of drug-likeness (QED) is 0.897. The summed E-state index contributed by atoms with van der Waals surface area (Å²) in [5.74, 6) is 0.410. The first kappa shape index (κ1) is 13.2. The minimum Gasteiger partial charge on any atom is -0.309 e. The Hall–Kier alpha value is -1.26. The van der Waals surface area contributed by atoms with Gasteiger partial charge in [0, 0.05) is 35.4 Å². The zero-order valence-corrected chi connectivity index (χ0v) is 11.9. The van der Waals surface area contributed by atoms with Gasteiger partial charge in [-0.15, -0.1) is 11.3 Å². The summed E-state index contributed by atoms with van der Waals surface area (Å²) in [6.07, 6.45) is 5.70. The molecule has 0 bridgehead atoms. The Morgan fingerprint density at radius 2 is 2.06 bits per heavy atom. The lowest BCUT2D eigenvalue weighted by Gasteiger charge is -2.23. The number of thiazole rings is 1. The van der Waals surface area contributed by atoms with Crippen LogP contribution >= 0.6 is 11.3 Å². The first-order valence-electron chi connectivity index (χ1n) is 6.28. The molecule has 0 saturated carbocycles. The van der Waals surface area contributed by atoms with Crippen molar-refractivity contribution in [1.29, 1.82) is 0 Å². The van der Waals surface area contributed by atoms with E-state index in [1.807, 2.05) is 25.5 Å². The lowest BCUT2D eigenvalue weighted by atomic mass is 9.93. The minimum absolute atomic E-state index is 0.323. The third-order valence-electron chi connectivity index (χ3n) is 3.10. The number of hydrogen-bond acceptors (Lipinski definition) is 4. The molecule has 0 aromatic carbocycles. The molecule has 2 aromatic rings. The van der Waals surface area contributed by atoms with E-state index in [0.717, 1.165) is 11.6 Å². The van der Waals surface area contributed by atoms with E-state index in [1.165, 1.54) is 10.4 Å². The zero-order chi connectivity index (χ0) is 13.0. The predicted octanol–water partition coefficient (Wildman–Crippen LogP) is 3.30. The van der Waals surface area contributed by atoms with Gasteiger partial charge in [-0.05, 0) is 31.2 Å². The predicted molar refractivity (Wildman–Crippen MR) is 75.9 cm³/mol. The molecule has 18 heavy (non-hydrogen) atoms. The highest BCUT2D eigenvalue weighted by molar-refractivity contribution is 7.11. The fourth-order valence-corrected chi connectivity index (χ4v) is 3.09. The van der Waals surface area contributed by atoms with Crippen LogP contribution in [0.4, 0.5) is 0 Å². The van der Waals surface area contributed by atoms with Crippen LogP contribution in [-0.2, 0) is 0 Å². The lowest BCUT2D eigenvalue weighted by molar-refractivity contribution is 0.485. The highest BCUT2D eigenvalue weighted by Crippen LogP contribution is 2.33. The SMILES string of the molecule is CCNC(c1cnc(C)s1)C(C)c1ccncc1. The van der Waals surface area contributed by atoms with Crippen LogP contribution in [-0.4, -0.2) is 16.5 Å². The Bertz CT molecular complexity index is 481. The lowest BCUT2D eigenvalue weighted by Crippen LogP contribution is -2.25. The Balaban J connectivity index is 2.25. The first-order valence-corrected chi connectivity index (χ1v) is 7.09.